The Morgan fingerprint density at radius 2 is 1.85 bits per heavy atom. The molecule has 3 aromatic rings. The molecular weight excluding hydrogens is 354 g/mol. The Balaban J connectivity index is 1.53. The Morgan fingerprint density at radius 1 is 1.04 bits per heavy atom. The van der Waals surface area contributed by atoms with Gasteiger partial charge in [-0.25, -0.2) is 4.79 Å². The van der Waals surface area contributed by atoms with Gasteiger partial charge in [-0.15, -0.1) is 11.3 Å². The fraction of sp³-hybridized carbons (Fsp3) is 0.318. The predicted octanol–water partition coefficient (Wildman–Crippen LogP) is 3.92. The highest BCUT2D eigenvalue weighted by molar-refractivity contribution is 7.09. The summed E-state index contributed by atoms with van der Waals surface area (Å²) in [5, 5.41) is 10.6. The molecule has 3 rings (SSSR count). The van der Waals surface area contributed by atoms with Crippen molar-refractivity contribution >= 4 is 28.1 Å². The van der Waals surface area contributed by atoms with E-state index in [-0.39, 0.29) is 12.1 Å². The van der Waals surface area contributed by atoms with Gasteiger partial charge in [-0.1, -0.05) is 48.5 Å². The minimum atomic E-state index is -0.101. The van der Waals surface area contributed by atoms with Crippen molar-refractivity contribution in [3.05, 3.63) is 70.4 Å². The van der Waals surface area contributed by atoms with Crippen LogP contribution in [0.2, 0.25) is 0 Å². The average molecular weight is 382 g/mol. The fourth-order valence-corrected chi connectivity index (χ4v) is 3.90. The van der Waals surface area contributed by atoms with Gasteiger partial charge in [-0.3, -0.25) is 0 Å². The first kappa shape index (κ1) is 19.4. The van der Waals surface area contributed by atoms with Crippen LogP contribution in [0.15, 0.2) is 60.0 Å². The van der Waals surface area contributed by atoms with Crippen LogP contribution >= 0.6 is 11.3 Å². The van der Waals surface area contributed by atoms with E-state index in [1.807, 2.05) is 6.07 Å². The number of hydrogen-bond acceptors (Lipinski definition) is 3. The number of fused-ring (bicyclic) bond motifs is 1. The zero-order valence-corrected chi connectivity index (χ0v) is 16.8. The van der Waals surface area contributed by atoms with Gasteiger partial charge in [0, 0.05) is 24.0 Å². The van der Waals surface area contributed by atoms with E-state index < -0.39 is 0 Å². The number of hydrogen-bond donors (Lipinski definition) is 2. The Morgan fingerprint density at radius 3 is 2.63 bits per heavy atom. The highest BCUT2D eigenvalue weighted by Crippen LogP contribution is 2.20. The molecule has 0 aliphatic rings. The highest BCUT2D eigenvalue weighted by Gasteiger charge is 2.15. The Bertz CT molecular complexity index is 856. The molecule has 142 valence electrons. The lowest BCUT2D eigenvalue weighted by molar-refractivity contribution is 0.232. The molecule has 0 aliphatic heterocycles. The molecule has 1 atom stereocenters. The van der Waals surface area contributed by atoms with Crippen LogP contribution in [0.4, 0.5) is 4.79 Å². The normalized spacial score (nSPS) is 12.3. The third kappa shape index (κ3) is 5.55. The molecule has 0 radical (unpaired) electrons. The summed E-state index contributed by atoms with van der Waals surface area (Å²) in [6, 6.07) is 19.1. The van der Waals surface area contributed by atoms with E-state index in [1.165, 1.54) is 21.2 Å². The van der Waals surface area contributed by atoms with Crippen molar-refractivity contribution in [1.82, 2.24) is 15.5 Å². The molecule has 1 heterocycles. The van der Waals surface area contributed by atoms with E-state index in [0.29, 0.717) is 13.1 Å². The van der Waals surface area contributed by atoms with Crippen LogP contribution in [0.5, 0.6) is 0 Å². The first-order valence-electron chi connectivity index (χ1n) is 9.30. The number of nitrogens with zero attached hydrogens (tertiary/aromatic N) is 1. The van der Waals surface area contributed by atoms with Gasteiger partial charge in [-0.2, -0.15) is 0 Å². The van der Waals surface area contributed by atoms with E-state index in [4.69, 9.17) is 0 Å². The van der Waals surface area contributed by atoms with Crippen LogP contribution in [-0.4, -0.2) is 44.2 Å². The molecule has 1 aromatic heterocycles. The number of benzene rings is 2. The van der Waals surface area contributed by atoms with E-state index in [0.717, 1.165) is 12.8 Å². The molecule has 0 fully saturated rings. The van der Waals surface area contributed by atoms with Crippen LogP contribution in [0.25, 0.3) is 10.8 Å². The Kier molecular flexibility index (Phi) is 6.85. The molecule has 0 bridgehead atoms. The predicted molar refractivity (Wildman–Crippen MR) is 115 cm³/mol. The second-order valence-corrected chi connectivity index (χ2v) is 7.96. The van der Waals surface area contributed by atoms with Gasteiger partial charge in [0.15, 0.2) is 0 Å². The van der Waals surface area contributed by atoms with Crippen molar-refractivity contribution in [1.29, 1.82) is 0 Å². The van der Waals surface area contributed by atoms with Crippen LogP contribution in [0.3, 0.4) is 0 Å². The van der Waals surface area contributed by atoms with E-state index in [9.17, 15) is 4.79 Å². The molecule has 2 N–H and O–H groups in total. The quantitative estimate of drug-likeness (QED) is 0.621. The highest BCUT2D eigenvalue weighted by atomic mass is 32.1. The maximum absolute atomic E-state index is 12.1. The van der Waals surface area contributed by atoms with E-state index in [1.54, 1.807) is 11.3 Å². The standard InChI is InChI=1S/C22H27N3OS/c1-25(2)19(15-18-9-5-8-17-7-3-4-11-21(17)18)16-24-22(26)23-13-12-20-10-6-14-27-20/h3-11,14,19H,12-13,15-16H2,1-2H3,(H2,23,24,26)/t19-/m0/s1. The molecule has 0 spiro atoms. The fourth-order valence-electron chi connectivity index (χ4n) is 3.19. The van der Waals surface area contributed by atoms with E-state index >= 15 is 0 Å². The van der Waals surface area contributed by atoms with Gasteiger partial charge >= 0.3 is 6.03 Å². The summed E-state index contributed by atoms with van der Waals surface area (Å²) < 4.78 is 0. The van der Waals surface area contributed by atoms with Gasteiger partial charge in [0.25, 0.3) is 0 Å². The molecule has 0 saturated heterocycles. The summed E-state index contributed by atoms with van der Waals surface area (Å²) >= 11 is 1.72. The van der Waals surface area contributed by atoms with Crippen molar-refractivity contribution in [3.63, 3.8) is 0 Å². The van der Waals surface area contributed by atoms with E-state index in [2.05, 4.69) is 83.5 Å². The molecular formula is C22H27N3OS. The average Bonchev–Trinajstić information content (AvgIpc) is 3.18. The minimum Gasteiger partial charge on any atom is -0.338 e. The van der Waals surface area contributed by atoms with Crippen molar-refractivity contribution in [2.75, 3.05) is 27.2 Å². The summed E-state index contributed by atoms with van der Waals surface area (Å²) in [7, 11) is 4.12. The second-order valence-electron chi connectivity index (χ2n) is 6.93. The lowest BCUT2D eigenvalue weighted by atomic mass is 9.98. The third-order valence-corrected chi connectivity index (χ3v) is 5.74. The molecule has 27 heavy (non-hydrogen) atoms. The number of amides is 2. The lowest BCUT2D eigenvalue weighted by Gasteiger charge is -2.25. The number of likely N-dealkylation sites (N-methyl/N-ethyl adjacent to an activating group) is 1. The van der Waals surface area contributed by atoms with Gasteiger partial charge < -0.3 is 15.5 Å². The zero-order valence-electron chi connectivity index (χ0n) is 15.9. The first-order chi connectivity index (χ1) is 13.1. The zero-order chi connectivity index (χ0) is 19.1. The lowest BCUT2D eigenvalue weighted by Crippen LogP contribution is -2.45. The monoisotopic (exact) mass is 381 g/mol. The molecule has 0 aliphatic carbocycles. The summed E-state index contributed by atoms with van der Waals surface area (Å²) in [6.45, 7) is 1.27. The molecule has 4 nitrogen and oxygen atoms in total. The number of rotatable bonds is 8. The van der Waals surface area contributed by atoms with Crippen molar-refractivity contribution in [2.24, 2.45) is 0 Å². The maximum atomic E-state index is 12.1. The number of thiophene rings is 1. The summed E-state index contributed by atoms with van der Waals surface area (Å²) in [5.41, 5.74) is 1.31. The summed E-state index contributed by atoms with van der Waals surface area (Å²) in [6.07, 6.45) is 1.77. The molecule has 2 amide bonds. The SMILES string of the molecule is CN(C)[C@H](CNC(=O)NCCc1cccs1)Cc1cccc2ccccc12. The largest absolute Gasteiger partial charge is 0.338 e. The van der Waals surface area contributed by atoms with Gasteiger partial charge in [-0.05, 0) is 54.7 Å². The molecule has 2 aromatic carbocycles. The van der Waals surface area contributed by atoms with Crippen molar-refractivity contribution < 1.29 is 4.79 Å². The molecule has 5 heteroatoms. The van der Waals surface area contributed by atoms with Crippen molar-refractivity contribution in [3.8, 4) is 0 Å². The van der Waals surface area contributed by atoms with Gasteiger partial charge in [0.1, 0.15) is 0 Å². The number of urea groups is 1. The smallest absolute Gasteiger partial charge is 0.314 e. The minimum absolute atomic E-state index is 0.101. The Labute approximate surface area is 165 Å². The molecule has 0 saturated carbocycles. The topological polar surface area (TPSA) is 44.4 Å². The Hall–Kier alpha value is -2.37. The van der Waals surface area contributed by atoms with Gasteiger partial charge in [0.2, 0.25) is 0 Å². The maximum Gasteiger partial charge on any atom is 0.314 e. The van der Waals surface area contributed by atoms with Crippen molar-refractivity contribution in [2.45, 2.75) is 18.9 Å². The third-order valence-electron chi connectivity index (χ3n) is 4.80. The van der Waals surface area contributed by atoms with Crippen LogP contribution < -0.4 is 10.6 Å². The number of carbonyl (C=O) groups excluding carboxylic acids is 1. The number of carbonyl (C=O) groups is 1. The van der Waals surface area contributed by atoms with Crippen LogP contribution in [0, 0.1) is 0 Å². The van der Waals surface area contributed by atoms with Gasteiger partial charge in [0.05, 0.1) is 0 Å². The first-order valence-corrected chi connectivity index (χ1v) is 10.2. The molecule has 0 unspecified atom stereocenters. The summed E-state index contributed by atoms with van der Waals surface area (Å²) in [5.74, 6) is 0. The summed E-state index contributed by atoms with van der Waals surface area (Å²) in [4.78, 5) is 15.6. The number of nitrogens with one attached hydrogen (secondary N) is 2. The van der Waals surface area contributed by atoms with Crippen LogP contribution in [0.1, 0.15) is 10.4 Å². The second kappa shape index (κ2) is 9.53. The van der Waals surface area contributed by atoms with Crippen LogP contribution in [-0.2, 0) is 12.8 Å².